The van der Waals surface area contributed by atoms with E-state index in [1.54, 1.807) is 0 Å². The minimum Gasteiger partial charge on any atom is -0.507 e. The van der Waals surface area contributed by atoms with Crippen LogP contribution >= 0.6 is 0 Å². The molecule has 1 aliphatic heterocycles. The molecule has 86 valence electrons. The first-order valence-electron chi connectivity index (χ1n) is 5.06. The van der Waals surface area contributed by atoms with E-state index in [2.05, 4.69) is 5.32 Å². The predicted octanol–water partition coefficient (Wildman–Crippen LogP) is 0.833. The number of benzene rings is 1. The van der Waals surface area contributed by atoms with Crippen LogP contribution in [0.5, 0.6) is 11.5 Å². The van der Waals surface area contributed by atoms with Gasteiger partial charge >= 0.3 is 5.97 Å². The highest BCUT2D eigenvalue weighted by molar-refractivity contribution is 5.71. The summed E-state index contributed by atoms with van der Waals surface area (Å²) in [6, 6.07) is 4.19. The van der Waals surface area contributed by atoms with Gasteiger partial charge in [-0.2, -0.15) is 0 Å². The van der Waals surface area contributed by atoms with Crippen LogP contribution in [0.15, 0.2) is 18.2 Å². The Labute approximate surface area is 92.3 Å². The number of carbonyl (C=O) groups is 1. The lowest BCUT2D eigenvalue weighted by Crippen LogP contribution is -2.17. The summed E-state index contributed by atoms with van der Waals surface area (Å²) in [6.45, 7) is 0.355. The Balaban J connectivity index is 2.24. The molecule has 0 aromatic heterocycles. The van der Waals surface area contributed by atoms with Crippen molar-refractivity contribution in [1.29, 1.82) is 0 Å². The number of carboxylic acid groups (broad SMARTS) is 1. The number of phenols is 2. The maximum Gasteiger partial charge on any atom is 0.307 e. The highest BCUT2D eigenvalue weighted by Crippen LogP contribution is 2.38. The molecule has 0 spiro atoms. The molecule has 5 heteroatoms. The van der Waals surface area contributed by atoms with Crippen LogP contribution in [-0.2, 0) is 4.79 Å². The molecule has 0 radical (unpaired) electrons. The molecule has 1 heterocycles. The van der Waals surface area contributed by atoms with Crippen LogP contribution in [0.3, 0.4) is 0 Å². The highest BCUT2D eigenvalue weighted by atomic mass is 16.4. The molecule has 2 rings (SSSR count). The molecule has 0 bridgehead atoms. The molecule has 16 heavy (non-hydrogen) atoms. The predicted molar refractivity (Wildman–Crippen MR) is 56.3 cm³/mol. The van der Waals surface area contributed by atoms with Gasteiger partial charge in [-0.15, -0.1) is 0 Å². The maximum atomic E-state index is 10.8. The summed E-state index contributed by atoms with van der Waals surface area (Å²) in [7, 11) is 0. The molecule has 2 unspecified atom stereocenters. The van der Waals surface area contributed by atoms with Gasteiger partial charge < -0.3 is 20.6 Å². The standard InChI is InChI=1S/C11H13NO4/c13-8-2-1-3-9(14)10(8)7-4-6(5-12-7)11(15)16/h1-3,6-7,12-14H,4-5H2,(H,15,16). The molecule has 0 amide bonds. The van der Waals surface area contributed by atoms with E-state index in [1.807, 2.05) is 0 Å². The van der Waals surface area contributed by atoms with Crippen molar-refractivity contribution in [3.8, 4) is 11.5 Å². The summed E-state index contributed by atoms with van der Waals surface area (Å²) in [5.41, 5.74) is 0.381. The van der Waals surface area contributed by atoms with Crippen LogP contribution in [-0.4, -0.2) is 27.8 Å². The van der Waals surface area contributed by atoms with Crippen LogP contribution in [0.25, 0.3) is 0 Å². The first-order chi connectivity index (χ1) is 7.59. The Morgan fingerprint density at radius 2 is 1.94 bits per heavy atom. The van der Waals surface area contributed by atoms with Gasteiger partial charge in [0, 0.05) is 12.6 Å². The van der Waals surface area contributed by atoms with Crippen molar-refractivity contribution >= 4 is 5.97 Å². The van der Waals surface area contributed by atoms with Gasteiger partial charge in [0.1, 0.15) is 11.5 Å². The third-order valence-electron chi connectivity index (χ3n) is 2.89. The minimum absolute atomic E-state index is 0.0106. The first kappa shape index (κ1) is 10.8. The zero-order chi connectivity index (χ0) is 11.7. The van der Waals surface area contributed by atoms with Crippen molar-refractivity contribution in [2.45, 2.75) is 12.5 Å². The van der Waals surface area contributed by atoms with E-state index in [-0.39, 0.29) is 17.5 Å². The van der Waals surface area contributed by atoms with E-state index in [1.165, 1.54) is 18.2 Å². The maximum absolute atomic E-state index is 10.8. The van der Waals surface area contributed by atoms with Crippen molar-refractivity contribution < 1.29 is 20.1 Å². The molecule has 2 atom stereocenters. The van der Waals surface area contributed by atoms with Crippen molar-refractivity contribution in [3.63, 3.8) is 0 Å². The van der Waals surface area contributed by atoms with E-state index >= 15 is 0 Å². The van der Waals surface area contributed by atoms with Crippen LogP contribution in [0.4, 0.5) is 0 Å². The molecular formula is C11H13NO4. The number of phenolic OH excluding ortho intramolecular Hbond substituents is 2. The van der Waals surface area contributed by atoms with Gasteiger partial charge in [0.05, 0.1) is 11.5 Å². The third-order valence-corrected chi connectivity index (χ3v) is 2.89. The number of carboxylic acids is 1. The topological polar surface area (TPSA) is 89.8 Å². The van der Waals surface area contributed by atoms with Crippen LogP contribution in [0, 0.1) is 5.92 Å². The molecule has 1 aromatic rings. The lowest BCUT2D eigenvalue weighted by Gasteiger charge is -2.13. The third kappa shape index (κ3) is 1.81. The van der Waals surface area contributed by atoms with Gasteiger partial charge in [-0.3, -0.25) is 4.79 Å². The second-order valence-corrected chi connectivity index (χ2v) is 3.94. The van der Waals surface area contributed by atoms with Gasteiger partial charge in [-0.05, 0) is 18.6 Å². The summed E-state index contributed by atoms with van der Waals surface area (Å²) in [4.78, 5) is 10.8. The second-order valence-electron chi connectivity index (χ2n) is 3.94. The summed E-state index contributed by atoms with van der Waals surface area (Å²) in [5.74, 6) is -1.35. The van der Waals surface area contributed by atoms with Crippen molar-refractivity contribution in [1.82, 2.24) is 5.32 Å². The van der Waals surface area contributed by atoms with Gasteiger partial charge in [-0.25, -0.2) is 0 Å². The average Bonchev–Trinajstić information content (AvgIpc) is 2.66. The van der Waals surface area contributed by atoms with E-state index in [0.29, 0.717) is 18.5 Å². The normalized spacial score (nSPS) is 24.5. The van der Waals surface area contributed by atoms with E-state index in [4.69, 9.17) is 5.11 Å². The smallest absolute Gasteiger partial charge is 0.307 e. The zero-order valence-electron chi connectivity index (χ0n) is 8.55. The summed E-state index contributed by atoms with van der Waals surface area (Å²) in [5, 5.41) is 31.1. The fourth-order valence-corrected chi connectivity index (χ4v) is 2.04. The molecule has 1 fully saturated rings. The van der Waals surface area contributed by atoms with E-state index in [9.17, 15) is 15.0 Å². The number of hydrogen-bond acceptors (Lipinski definition) is 4. The van der Waals surface area contributed by atoms with Gasteiger partial charge in [0.25, 0.3) is 0 Å². The number of aliphatic carboxylic acids is 1. The van der Waals surface area contributed by atoms with Crippen molar-refractivity contribution in [2.24, 2.45) is 5.92 Å². The Bertz CT molecular complexity index is 398. The monoisotopic (exact) mass is 223 g/mol. The second kappa shape index (κ2) is 4.02. The van der Waals surface area contributed by atoms with E-state index in [0.717, 1.165) is 0 Å². The Kier molecular flexibility index (Phi) is 2.70. The molecule has 5 nitrogen and oxygen atoms in total. The number of aromatic hydroxyl groups is 2. The molecule has 0 saturated carbocycles. The Morgan fingerprint density at radius 3 is 2.44 bits per heavy atom. The zero-order valence-corrected chi connectivity index (χ0v) is 8.55. The lowest BCUT2D eigenvalue weighted by atomic mass is 9.98. The van der Waals surface area contributed by atoms with Crippen LogP contribution in [0.2, 0.25) is 0 Å². The summed E-state index contributed by atoms with van der Waals surface area (Å²) < 4.78 is 0. The Hall–Kier alpha value is -1.75. The minimum atomic E-state index is -0.857. The quantitative estimate of drug-likeness (QED) is 0.596. The molecule has 0 aliphatic carbocycles. The molecule has 1 aromatic carbocycles. The highest BCUT2D eigenvalue weighted by Gasteiger charge is 2.32. The van der Waals surface area contributed by atoms with Crippen molar-refractivity contribution in [3.05, 3.63) is 23.8 Å². The lowest BCUT2D eigenvalue weighted by molar-refractivity contribution is -0.141. The van der Waals surface area contributed by atoms with Crippen molar-refractivity contribution in [2.75, 3.05) is 6.54 Å². The first-order valence-corrected chi connectivity index (χ1v) is 5.06. The fraction of sp³-hybridized carbons (Fsp3) is 0.364. The van der Waals surface area contributed by atoms with Gasteiger partial charge in [-0.1, -0.05) is 6.07 Å². The number of rotatable bonds is 2. The largest absolute Gasteiger partial charge is 0.507 e. The molecule has 1 aliphatic rings. The SMILES string of the molecule is O=C(O)C1CNC(c2c(O)cccc2O)C1. The molecule has 4 N–H and O–H groups in total. The fourth-order valence-electron chi connectivity index (χ4n) is 2.04. The van der Waals surface area contributed by atoms with Crippen LogP contribution in [0.1, 0.15) is 18.0 Å². The summed E-state index contributed by atoms with van der Waals surface area (Å²) >= 11 is 0. The van der Waals surface area contributed by atoms with Crippen LogP contribution < -0.4 is 5.32 Å². The average molecular weight is 223 g/mol. The van der Waals surface area contributed by atoms with Gasteiger partial charge in [0.2, 0.25) is 0 Å². The van der Waals surface area contributed by atoms with Gasteiger partial charge in [0.15, 0.2) is 0 Å². The number of nitrogens with one attached hydrogen (secondary N) is 1. The number of hydrogen-bond donors (Lipinski definition) is 4. The Morgan fingerprint density at radius 1 is 1.31 bits per heavy atom. The summed E-state index contributed by atoms with van der Waals surface area (Å²) in [6.07, 6.45) is 0.375. The molecule has 1 saturated heterocycles. The molecular weight excluding hydrogens is 210 g/mol. The van der Waals surface area contributed by atoms with E-state index < -0.39 is 11.9 Å².